The lowest BCUT2D eigenvalue weighted by Gasteiger charge is -2.23. The van der Waals surface area contributed by atoms with Crippen molar-refractivity contribution in [3.05, 3.63) is 17.7 Å². The Morgan fingerprint density at radius 1 is 1.14 bits per heavy atom. The fraction of sp³-hybridized carbons (Fsp3) is 0.647. The second-order valence-corrected chi connectivity index (χ2v) is 6.94. The largest absolute Gasteiger partial charge is 0.490 e. The summed E-state index contributed by atoms with van der Waals surface area (Å²) in [5.41, 5.74) is 1.21. The summed E-state index contributed by atoms with van der Waals surface area (Å²) >= 11 is 0. The van der Waals surface area contributed by atoms with Gasteiger partial charge in [0, 0.05) is 23.7 Å². The Hall–Kier alpha value is -1.42. The van der Waals surface area contributed by atoms with Crippen molar-refractivity contribution in [2.24, 2.45) is 0 Å². The minimum atomic E-state index is 0.0704. The number of fused-ring (bicyclic) bond motifs is 1. The van der Waals surface area contributed by atoms with Crippen LogP contribution >= 0.6 is 0 Å². The standard InChI is InChI=1S/C17H25NO3/c1-17(2,3)18-10-12-8-15-16(20-11-19-15)9-14(12)21-13-6-4-5-7-13/h8-9,13,18H,4-7,10-11H2,1-3H3. The smallest absolute Gasteiger partial charge is 0.231 e. The summed E-state index contributed by atoms with van der Waals surface area (Å²) in [5, 5.41) is 3.52. The summed E-state index contributed by atoms with van der Waals surface area (Å²) < 4.78 is 17.2. The molecule has 3 rings (SSSR count). The molecule has 1 heterocycles. The van der Waals surface area contributed by atoms with Crippen molar-refractivity contribution in [2.45, 2.75) is 64.6 Å². The Labute approximate surface area is 126 Å². The van der Waals surface area contributed by atoms with Crippen LogP contribution in [0.2, 0.25) is 0 Å². The van der Waals surface area contributed by atoms with E-state index in [9.17, 15) is 0 Å². The summed E-state index contributed by atoms with van der Waals surface area (Å²) in [7, 11) is 0. The Morgan fingerprint density at radius 3 is 2.48 bits per heavy atom. The average molecular weight is 291 g/mol. The third-order valence-electron chi connectivity index (χ3n) is 3.96. The SMILES string of the molecule is CC(C)(C)NCc1cc2c(cc1OC1CCCC1)OCO2. The zero-order valence-corrected chi connectivity index (χ0v) is 13.2. The fourth-order valence-electron chi connectivity index (χ4n) is 2.76. The summed E-state index contributed by atoms with van der Waals surface area (Å²) in [4.78, 5) is 0. The summed E-state index contributed by atoms with van der Waals surface area (Å²) in [6.07, 6.45) is 5.19. The maximum absolute atomic E-state index is 6.22. The number of ether oxygens (including phenoxy) is 3. The molecular weight excluding hydrogens is 266 g/mol. The first-order valence-corrected chi connectivity index (χ1v) is 7.85. The van der Waals surface area contributed by atoms with Gasteiger partial charge in [0.1, 0.15) is 5.75 Å². The summed E-state index contributed by atoms with van der Waals surface area (Å²) in [6, 6.07) is 4.03. The molecule has 1 saturated carbocycles. The maximum Gasteiger partial charge on any atom is 0.231 e. The van der Waals surface area contributed by atoms with Gasteiger partial charge >= 0.3 is 0 Å². The first-order chi connectivity index (χ1) is 10.0. The van der Waals surface area contributed by atoms with Gasteiger partial charge in [-0.05, 0) is 52.5 Å². The monoisotopic (exact) mass is 291 g/mol. The van der Waals surface area contributed by atoms with E-state index in [4.69, 9.17) is 14.2 Å². The lowest BCUT2D eigenvalue weighted by Crippen LogP contribution is -2.35. The molecule has 1 aromatic carbocycles. The van der Waals surface area contributed by atoms with Crippen LogP contribution < -0.4 is 19.5 Å². The molecule has 0 radical (unpaired) electrons. The van der Waals surface area contributed by atoms with Gasteiger partial charge in [-0.3, -0.25) is 0 Å². The van der Waals surface area contributed by atoms with Crippen LogP contribution in [-0.2, 0) is 6.54 Å². The van der Waals surface area contributed by atoms with Crippen LogP contribution in [-0.4, -0.2) is 18.4 Å². The predicted octanol–water partition coefficient (Wildman–Crippen LogP) is 3.62. The van der Waals surface area contributed by atoms with Crippen molar-refractivity contribution in [1.29, 1.82) is 0 Å². The topological polar surface area (TPSA) is 39.7 Å². The Kier molecular flexibility index (Phi) is 3.98. The molecule has 0 amide bonds. The second kappa shape index (κ2) is 5.76. The van der Waals surface area contributed by atoms with Crippen LogP contribution in [0.1, 0.15) is 52.0 Å². The highest BCUT2D eigenvalue weighted by Gasteiger charge is 2.23. The fourth-order valence-corrected chi connectivity index (χ4v) is 2.76. The molecule has 1 fully saturated rings. The number of hydrogen-bond donors (Lipinski definition) is 1. The molecule has 2 aliphatic rings. The zero-order chi connectivity index (χ0) is 14.9. The summed E-state index contributed by atoms with van der Waals surface area (Å²) in [5.74, 6) is 2.55. The highest BCUT2D eigenvalue weighted by atomic mass is 16.7. The van der Waals surface area contributed by atoms with Gasteiger partial charge < -0.3 is 19.5 Å². The van der Waals surface area contributed by atoms with E-state index in [-0.39, 0.29) is 5.54 Å². The third-order valence-corrected chi connectivity index (χ3v) is 3.96. The normalized spacial score (nSPS) is 18.2. The molecule has 116 valence electrons. The van der Waals surface area contributed by atoms with Crippen LogP contribution in [0.3, 0.4) is 0 Å². The molecule has 0 unspecified atom stereocenters. The van der Waals surface area contributed by atoms with Crippen LogP contribution in [0.25, 0.3) is 0 Å². The highest BCUT2D eigenvalue weighted by molar-refractivity contribution is 5.52. The number of hydrogen-bond acceptors (Lipinski definition) is 4. The van der Waals surface area contributed by atoms with Crippen LogP contribution in [0.4, 0.5) is 0 Å². The van der Waals surface area contributed by atoms with Crippen molar-refractivity contribution in [2.75, 3.05) is 6.79 Å². The molecule has 0 bridgehead atoms. The number of benzene rings is 1. The molecule has 0 atom stereocenters. The first kappa shape index (κ1) is 14.5. The molecule has 1 aromatic rings. The van der Waals surface area contributed by atoms with E-state index in [0.717, 1.165) is 42.2 Å². The van der Waals surface area contributed by atoms with E-state index < -0.39 is 0 Å². The van der Waals surface area contributed by atoms with E-state index in [2.05, 4.69) is 26.1 Å². The average Bonchev–Trinajstić information content (AvgIpc) is 3.05. The summed E-state index contributed by atoms with van der Waals surface area (Å²) in [6.45, 7) is 7.56. The van der Waals surface area contributed by atoms with Crippen molar-refractivity contribution < 1.29 is 14.2 Å². The predicted molar refractivity (Wildman–Crippen MR) is 82.0 cm³/mol. The molecule has 4 heteroatoms. The Bertz CT molecular complexity index is 501. The molecule has 0 aromatic heterocycles. The highest BCUT2D eigenvalue weighted by Crippen LogP contribution is 2.39. The van der Waals surface area contributed by atoms with Gasteiger partial charge in [0.05, 0.1) is 6.10 Å². The molecule has 1 aliphatic carbocycles. The minimum Gasteiger partial charge on any atom is -0.490 e. The molecule has 4 nitrogen and oxygen atoms in total. The van der Waals surface area contributed by atoms with Crippen molar-refractivity contribution in [1.82, 2.24) is 5.32 Å². The zero-order valence-electron chi connectivity index (χ0n) is 13.2. The van der Waals surface area contributed by atoms with Crippen LogP contribution in [0.5, 0.6) is 17.2 Å². The Balaban J connectivity index is 1.80. The van der Waals surface area contributed by atoms with Gasteiger partial charge in [-0.2, -0.15) is 0 Å². The molecule has 21 heavy (non-hydrogen) atoms. The van der Waals surface area contributed by atoms with E-state index >= 15 is 0 Å². The number of rotatable bonds is 4. The molecule has 0 saturated heterocycles. The van der Waals surface area contributed by atoms with Crippen LogP contribution in [0.15, 0.2) is 12.1 Å². The minimum absolute atomic E-state index is 0.0704. The third kappa shape index (κ3) is 3.62. The van der Waals surface area contributed by atoms with Crippen LogP contribution in [0, 0.1) is 0 Å². The lowest BCUT2D eigenvalue weighted by molar-refractivity contribution is 0.173. The molecule has 1 N–H and O–H groups in total. The molecule has 1 aliphatic heterocycles. The second-order valence-electron chi connectivity index (χ2n) is 6.94. The quantitative estimate of drug-likeness (QED) is 0.919. The molecule has 0 spiro atoms. The van der Waals surface area contributed by atoms with E-state index in [1.54, 1.807) is 0 Å². The van der Waals surface area contributed by atoms with Gasteiger partial charge in [0.25, 0.3) is 0 Å². The van der Waals surface area contributed by atoms with E-state index in [0.29, 0.717) is 12.9 Å². The van der Waals surface area contributed by atoms with Gasteiger partial charge in [-0.25, -0.2) is 0 Å². The maximum atomic E-state index is 6.22. The van der Waals surface area contributed by atoms with Crippen molar-refractivity contribution in [3.63, 3.8) is 0 Å². The first-order valence-electron chi connectivity index (χ1n) is 7.85. The Morgan fingerprint density at radius 2 is 1.81 bits per heavy atom. The number of nitrogens with one attached hydrogen (secondary N) is 1. The van der Waals surface area contributed by atoms with E-state index in [1.807, 2.05) is 12.1 Å². The van der Waals surface area contributed by atoms with Crippen molar-refractivity contribution in [3.8, 4) is 17.2 Å². The lowest BCUT2D eigenvalue weighted by atomic mass is 10.1. The van der Waals surface area contributed by atoms with Gasteiger partial charge in [0.2, 0.25) is 6.79 Å². The van der Waals surface area contributed by atoms with E-state index in [1.165, 1.54) is 12.8 Å². The van der Waals surface area contributed by atoms with Gasteiger partial charge in [0.15, 0.2) is 11.5 Å². The van der Waals surface area contributed by atoms with Gasteiger partial charge in [-0.1, -0.05) is 0 Å². The molecular formula is C17H25NO3. The van der Waals surface area contributed by atoms with Gasteiger partial charge in [-0.15, -0.1) is 0 Å². The van der Waals surface area contributed by atoms with Crippen molar-refractivity contribution >= 4 is 0 Å².